The minimum Gasteiger partial charge on any atom is -0.391 e. The second-order valence-corrected chi connectivity index (χ2v) is 4.66. The molecule has 3 rings (SSSR count). The standard InChI is InChI=1S/C14H13N3O3/c18-9(7-12-15-5-6-16-12)8-17-13(19)10-3-1-2-4-11(10)14(17)20/h1-6,9,18H,7-8H2,(H,15,16). The predicted octanol–water partition coefficient (Wildman–Crippen LogP) is 0.609. The number of imide groups is 1. The van der Waals surface area contributed by atoms with E-state index in [1.54, 1.807) is 36.7 Å². The molecule has 0 fully saturated rings. The molecule has 0 saturated heterocycles. The van der Waals surface area contributed by atoms with Crippen LogP contribution in [-0.2, 0) is 6.42 Å². The summed E-state index contributed by atoms with van der Waals surface area (Å²) in [4.78, 5) is 32.2. The Kier molecular flexibility index (Phi) is 3.08. The van der Waals surface area contributed by atoms with Gasteiger partial charge in [0.25, 0.3) is 11.8 Å². The van der Waals surface area contributed by atoms with Crippen LogP contribution in [0.25, 0.3) is 0 Å². The molecule has 1 atom stereocenters. The van der Waals surface area contributed by atoms with Crippen molar-refractivity contribution in [2.45, 2.75) is 12.5 Å². The number of benzene rings is 1. The molecule has 0 aliphatic carbocycles. The molecular formula is C14H13N3O3. The van der Waals surface area contributed by atoms with Gasteiger partial charge in [0.05, 0.1) is 23.8 Å². The van der Waals surface area contributed by atoms with Gasteiger partial charge >= 0.3 is 0 Å². The van der Waals surface area contributed by atoms with Crippen molar-refractivity contribution in [2.24, 2.45) is 0 Å². The first-order valence-corrected chi connectivity index (χ1v) is 6.28. The number of hydrogen-bond donors (Lipinski definition) is 2. The first-order chi connectivity index (χ1) is 9.66. The second-order valence-electron chi connectivity index (χ2n) is 4.66. The topological polar surface area (TPSA) is 86.3 Å². The number of aliphatic hydroxyl groups excluding tert-OH is 1. The molecule has 0 spiro atoms. The van der Waals surface area contributed by atoms with Gasteiger partial charge < -0.3 is 10.1 Å². The Hall–Kier alpha value is -2.47. The number of nitrogens with zero attached hydrogens (tertiary/aromatic N) is 2. The highest BCUT2D eigenvalue weighted by atomic mass is 16.3. The maximum atomic E-state index is 12.1. The fourth-order valence-electron chi connectivity index (χ4n) is 2.31. The smallest absolute Gasteiger partial charge is 0.261 e. The Balaban J connectivity index is 1.73. The number of nitrogens with one attached hydrogen (secondary N) is 1. The van der Waals surface area contributed by atoms with Crippen LogP contribution in [-0.4, -0.2) is 44.4 Å². The number of hydrogen-bond acceptors (Lipinski definition) is 4. The SMILES string of the molecule is O=C1c2ccccc2C(=O)N1CC(O)Cc1ncc[nH]1. The summed E-state index contributed by atoms with van der Waals surface area (Å²) >= 11 is 0. The van der Waals surface area contributed by atoms with Crippen LogP contribution < -0.4 is 0 Å². The molecule has 2 aromatic rings. The number of aromatic amines is 1. The van der Waals surface area contributed by atoms with Gasteiger partial charge in [-0.25, -0.2) is 4.98 Å². The van der Waals surface area contributed by atoms with E-state index < -0.39 is 6.10 Å². The molecule has 0 saturated carbocycles. The molecule has 0 bridgehead atoms. The van der Waals surface area contributed by atoms with Gasteiger partial charge in [-0.3, -0.25) is 14.5 Å². The zero-order valence-electron chi connectivity index (χ0n) is 10.6. The number of carbonyl (C=O) groups excluding carboxylic acids is 2. The number of imidazole rings is 1. The molecule has 0 radical (unpaired) electrons. The summed E-state index contributed by atoms with van der Waals surface area (Å²) in [6.07, 6.45) is 2.66. The van der Waals surface area contributed by atoms with Crippen molar-refractivity contribution in [3.8, 4) is 0 Å². The number of aromatic nitrogens is 2. The normalized spacial score (nSPS) is 15.6. The van der Waals surface area contributed by atoms with E-state index in [0.29, 0.717) is 17.0 Å². The van der Waals surface area contributed by atoms with Crippen molar-refractivity contribution in [3.63, 3.8) is 0 Å². The Labute approximate surface area is 115 Å². The number of H-pyrrole nitrogens is 1. The van der Waals surface area contributed by atoms with Gasteiger partial charge in [0.15, 0.2) is 0 Å². The molecule has 1 aromatic heterocycles. The van der Waals surface area contributed by atoms with Crippen LogP contribution >= 0.6 is 0 Å². The van der Waals surface area contributed by atoms with E-state index in [0.717, 1.165) is 4.90 Å². The Morgan fingerprint density at radius 1 is 1.20 bits per heavy atom. The molecule has 6 heteroatoms. The Morgan fingerprint density at radius 2 is 1.85 bits per heavy atom. The summed E-state index contributed by atoms with van der Waals surface area (Å²) in [6.45, 7) is -0.0347. The third kappa shape index (κ3) is 2.10. The van der Waals surface area contributed by atoms with E-state index >= 15 is 0 Å². The lowest BCUT2D eigenvalue weighted by atomic mass is 10.1. The summed E-state index contributed by atoms with van der Waals surface area (Å²) in [5, 5.41) is 9.99. The minimum atomic E-state index is -0.844. The van der Waals surface area contributed by atoms with Crippen LogP contribution in [0.4, 0.5) is 0 Å². The van der Waals surface area contributed by atoms with Crippen LogP contribution in [0.1, 0.15) is 26.5 Å². The van der Waals surface area contributed by atoms with Gasteiger partial charge in [0.1, 0.15) is 5.82 Å². The molecule has 20 heavy (non-hydrogen) atoms. The van der Waals surface area contributed by atoms with Crippen LogP contribution in [0, 0.1) is 0 Å². The first kappa shape index (κ1) is 12.6. The van der Waals surface area contributed by atoms with E-state index in [9.17, 15) is 14.7 Å². The molecule has 1 aromatic carbocycles. The highest BCUT2D eigenvalue weighted by Gasteiger charge is 2.36. The van der Waals surface area contributed by atoms with Gasteiger partial charge in [0.2, 0.25) is 0 Å². The van der Waals surface area contributed by atoms with E-state index in [-0.39, 0.29) is 24.8 Å². The summed E-state index contributed by atoms with van der Waals surface area (Å²) in [5.41, 5.74) is 0.783. The number of aliphatic hydroxyl groups is 1. The van der Waals surface area contributed by atoms with Gasteiger partial charge in [-0.1, -0.05) is 12.1 Å². The number of rotatable bonds is 4. The second kappa shape index (κ2) is 4.90. The number of carbonyl (C=O) groups is 2. The predicted molar refractivity (Wildman–Crippen MR) is 70.1 cm³/mol. The average molecular weight is 271 g/mol. The van der Waals surface area contributed by atoms with E-state index in [1.165, 1.54) is 0 Å². The Morgan fingerprint density at radius 3 is 2.40 bits per heavy atom. The molecule has 102 valence electrons. The van der Waals surface area contributed by atoms with E-state index in [1.807, 2.05) is 0 Å². The van der Waals surface area contributed by atoms with Crippen LogP contribution in [0.2, 0.25) is 0 Å². The lowest BCUT2D eigenvalue weighted by Crippen LogP contribution is -2.37. The number of fused-ring (bicyclic) bond motifs is 1. The lowest BCUT2D eigenvalue weighted by molar-refractivity contribution is 0.0542. The highest BCUT2D eigenvalue weighted by Crippen LogP contribution is 2.22. The zero-order valence-corrected chi connectivity index (χ0v) is 10.6. The zero-order chi connectivity index (χ0) is 14.1. The van der Waals surface area contributed by atoms with Gasteiger partial charge in [0, 0.05) is 18.8 Å². The van der Waals surface area contributed by atoms with Crippen molar-refractivity contribution in [3.05, 3.63) is 53.6 Å². The molecule has 1 unspecified atom stereocenters. The number of β-amino-alcohol motifs (C(OH)–C–C–N with tert-alkyl or cyclic N) is 1. The van der Waals surface area contributed by atoms with Crippen LogP contribution in [0.3, 0.4) is 0 Å². The maximum absolute atomic E-state index is 12.1. The third-order valence-electron chi connectivity index (χ3n) is 3.26. The van der Waals surface area contributed by atoms with E-state index in [2.05, 4.69) is 9.97 Å². The average Bonchev–Trinajstić information content (AvgIpc) is 3.03. The third-order valence-corrected chi connectivity index (χ3v) is 3.26. The van der Waals surface area contributed by atoms with Crippen molar-refractivity contribution in [1.82, 2.24) is 14.9 Å². The largest absolute Gasteiger partial charge is 0.391 e. The minimum absolute atomic E-state index is 0.0347. The van der Waals surface area contributed by atoms with Gasteiger partial charge in [-0.05, 0) is 12.1 Å². The molecule has 6 nitrogen and oxygen atoms in total. The monoisotopic (exact) mass is 271 g/mol. The number of amides is 2. The van der Waals surface area contributed by atoms with Crippen LogP contribution in [0.5, 0.6) is 0 Å². The highest BCUT2D eigenvalue weighted by molar-refractivity contribution is 6.21. The Bertz CT molecular complexity index is 616. The fraction of sp³-hybridized carbons (Fsp3) is 0.214. The van der Waals surface area contributed by atoms with E-state index in [4.69, 9.17) is 0 Å². The van der Waals surface area contributed by atoms with Crippen molar-refractivity contribution < 1.29 is 14.7 Å². The van der Waals surface area contributed by atoms with Crippen molar-refractivity contribution in [2.75, 3.05) is 6.54 Å². The summed E-state index contributed by atoms with van der Waals surface area (Å²) in [5.74, 6) is -0.0951. The molecule has 1 aliphatic rings. The molecule has 2 N–H and O–H groups in total. The van der Waals surface area contributed by atoms with Gasteiger partial charge in [-0.2, -0.15) is 0 Å². The van der Waals surface area contributed by atoms with Crippen molar-refractivity contribution in [1.29, 1.82) is 0 Å². The molecule has 2 amide bonds. The summed E-state index contributed by atoms with van der Waals surface area (Å²) in [6, 6.07) is 6.67. The summed E-state index contributed by atoms with van der Waals surface area (Å²) < 4.78 is 0. The first-order valence-electron chi connectivity index (χ1n) is 6.28. The van der Waals surface area contributed by atoms with Gasteiger partial charge in [-0.15, -0.1) is 0 Å². The molecular weight excluding hydrogens is 258 g/mol. The summed E-state index contributed by atoms with van der Waals surface area (Å²) in [7, 11) is 0. The lowest BCUT2D eigenvalue weighted by Gasteiger charge is -2.17. The van der Waals surface area contributed by atoms with Crippen LogP contribution in [0.15, 0.2) is 36.7 Å². The quantitative estimate of drug-likeness (QED) is 0.798. The van der Waals surface area contributed by atoms with Crippen molar-refractivity contribution >= 4 is 11.8 Å². The maximum Gasteiger partial charge on any atom is 0.261 e. The molecule has 2 heterocycles. The fourth-order valence-corrected chi connectivity index (χ4v) is 2.31. The molecule has 1 aliphatic heterocycles.